The standard InChI is InChI=1S/C20H35F2N3O4/c1-17(2,3)28-15(26)19(7,8)11-24-10-13-14(23(24)9)20(21,22)12-25(13)16(27)29-18(4,5)6/h13-14H,10-12H2,1-9H3/t13-,14+/m1/s1. The van der Waals surface area contributed by atoms with E-state index in [2.05, 4.69) is 0 Å². The zero-order valence-corrected chi connectivity index (χ0v) is 19.0. The number of hydrogen-bond acceptors (Lipinski definition) is 6. The zero-order valence-electron chi connectivity index (χ0n) is 19.0. The molecule has 0 saturated carbocycles. The molecule has 2 fully saturated rings. The molecular weight excluding hydrogens is 384 g/mol. The average Bonchev–Trinajstić information content (AvgIpc) is 2.91. The summed E-state index contributed by atoms with van der Waals surface area (Å²) in [5.41, 5.74) is -2.32. The van der Waals surface area contributed by atoms with Gasteiger partial charge < -0.3 is 9.47 Å². The van der Waals surface area contributed by atoms with Crippen molar-refractivity contribution in [2.24, 2.45) is 5.41 Å². The van der Waals surface area contributed by atoms with Gasteiger partial charge in [0, 0.05) is 20.1 Å². The van der Waals surface area contributed by atoms with Gasteiger partial charge in [-0.3, -0.25) is 9.69 Å². The first-order chi connectivity index (χ1) is 12.8. The van der Waals surface area contributed by atoms with Gasteiger partial charge in [0.2, 0.25) is 0 Å². The van der Waals surface area contributed by atoms with Crippen LogP contribution in [0.1, 0.15) is 55.4 Å². The van der Waals surface area contributed by atoms with Crippen LogP contribution in [0.2, 0.25) is 0 Å². The molecule has 0 aliphatic carbocycles. The number of carbonyl (C=O) groups is 2. The van der Waals surface area contributed by atoms with Crippen LogP contribution in [0.15, 0.2) is 0 Å². The molecule has 0 N–H and O–H groups in total. The summed E-state index contributed by atoms with van der Waals surface area (Å²) in [5, 5.41) is 3.16. The fourth-order valence-electron chi connectivity index (χ4n) is 3.76. The lowest BCUT2D eigenvalue weighted by molar-refractivity contribution is -0.170. The molecule has 0 spiro atoms. The fraction of sp³-hybridized carbons (Fsp3) is 0.900. The third-order valence-electron chi connectivity index (χ3n) is 4.98. The number of likely N-dealkylation sites (tertiary alicyclic amines) is 1. The van der Waals surface area contributed by atoms with Gasteiger partial charge in [0.1, 0.15) is 17.2 Å². The van der Waals surface area contributed by atoms with Crippen LogP contribution in [0.25, 0.3) is 0 Å². The van der Waals surface area contributed by atoms with Gasteiger partial charge in [-0.2, -0.15) is 0 Å². The van der Waals surface area contributed by atoms with Crippen LogP contribution in [-0.4, -0.2) is 82.9 Å². The molecular formula is C20H35F2N3O4. The van der Waals surface area contributed by atoms with Crippen LogP contribution in [-0.2, 0) is 14.3 Å². The van der Waals surface area contributed by atoms with Crippen LogP contribution in [0.4, 0.5) is 13.6 Å². The number of likely N-dealkylation sites (N-methyl/N-ethyl adjacent to an activating group) is 1. The van der Waals surface area contributed by atoms with Crippen molar-refractivity contribution in [1.82, 2.24) is 14.9 Å². The van der Waals surface area contributed by atoms with E-state index in [0.29, 0.717) is 0 Å². The Labute approximate surface area is 172 Å². The van der Waals surface area contributed by atoms with Crippen molar-refractivity contribution < 1.29 is 27.8 Å². The average molecular weight is 420 g/mol. The van der Waals surface area contributed by atoms with Crippen LogP contribution in [0.3, 0.4) is 0 Å². The fourth-order valence-corrected chi connectivity index (χ4v) is 3.76. The summed E-state index contributed by atoms with van der Waals surface area (Å²) in [6.07, 6.45) is -0.744. The quantitative estimate of drug-likeness (QED) is 0.655. The minimum Gasteiger partial charge on any atom is -0.460 e. The second kappa shape index (κ2) is 7.34. The van der Waals surface area contributed by atoms with E-state index in [-0.39, 0.29) is 13.1 Å². The Hall–Kier alpha value is -1.48. The molecule has 9 heteroatoms. The molecule has 2 atom stereocenters. The summed E-state index contributed by atoms with van der Waals surface area (Å²) in [7, 11) is 1.57. The zero-order chi connectivity index (χ0) is 22.6. The predicted molar refractivity (Wildman–Crippen MR) is 104 cm³/mol. The molecule has 0 unspecified atom stereocenters. The van der Waals surface area contributed by atoms with Crippen molar-refractivity contribution in [1.29, 1.82) is 0 Å². The lowest BCUT2D eigenvalue weighted by Gasteiger charge is -2.36. The Morgan fingerprint density at radius 1 is 1.00 bits per heavy atom. The van der Waals surface area contributed by atoms with E-state index in [1.807, 2.05) is 0 Å². The number of amides is 1. The lowest BCUT2D eigenvalue weighted by atomic mass is 9.93. The number of fused-ring (bicyclic) bond motifs is 1. The van der Waals surface area contributed by atoms with E-state index in [0.717, 1.165) is 4.90 Å². The normalized spacial score (nSPS) is 25.8. The Morgan fingerprint density at radius 3 is 2.00 bits per heavy atom. The molecule has 168 valence electrons. The molecule has 0 radical (unpaired) electrons. The first kappa shape index (κ1) is 23.8. The molecule has 7 nitrogen and oxygen atoms in total. The topological polar surface area (TPSA) is 62.3 Å². The summed E-state index contributed by atoms with van der Waals surface area (Å²) in [6, 6.07) is -1.89. The minimum atomic E-state index is -3.08. The molecule has 2 rings (SSSR count). The van der Waals surface area contributed by atoms with E-state index in [1.165, 1.54) is 5.01 Å². The third kappa shape index (κ3) is 5.36. The van der Waals surface area contributed by atoms with E-state index < -0.39 is 53.2 Å². The monoisotopic (exact) mass is 419 g/mol. The summed E-state index contributed by atoms with van der Waals surface area (Å²) in [6.45, 7) is 13.6. The van der Waals surface area contributed by atoms with Crippen molar-refractivity contribution >= 4 is 12.1 Å². The highest BCUT2D eigenvalue weighted by Gasteiger charge is 2.63. The second-order valence-electron chi connectivity index (χ2n) is 10.7. The SMILES string of the molecule is CN1[C@H]2[C@@H](CN1CC(C)(C)C(=O)OC(C)(C)C)N(C(=O)OC(C)(C)C)CC2(F)F. The van der Waals surface area contributed by atoms with E-state index in [1.54, 1.807) is 67.4 Å². The molecule has 0 bridgehead atoms. The Balaban J connectivity index is 2.17. The Morgan fingerprint density at radius 2 is 1.52 bits per heavy atom. The molecule has 0 aromatic heterocycles. The maximum absolute atomic E-state index is 14.8. The molecule has 1 amide bonds. The van der Waals surface area contributed by atoms with Crippen LogP contribution < -0.4 is 0 Å². The largest absolute Gasteiger partial charge is 0.460 e. The van der Waals surface area contributed by atoms with Gasteiger partial charge in [0.05, 0.1) is 18.0 Å². The van der Waals surface area contributed by atoms with E-state index >= 15 is 0 Å². The Kier molecular flexibility index (Phi) is 6.02. The Bertz CT molecular complexity index is 655. The summed E-state index contributed by atoms with van der Waals surface area (Å²) in [4.78, 5) is 26.2. The minimum absolute atomic E-state index is 0.197. The van der Waals surface area contributed by atoms with Gasteiger partial charge >= 0.3 is 12.1 Å². The summed E-state index contributed by atoms with van der Waals surface area (Å²) < 4.78 is 40.4. The van der Waals surface area contributed by atoms with Gasteiger partial charge in [0.25, 0.3) is 5.92 Å². The maximum Gasteiger partial charge on any atom is 0.410 e. The first-order valence-electron chi connectivity index (χ1n) is 9.93. The third-order valence-corrected chi connectivity index (χ3v) is 4.98. The maximum atomic E-state index is 14.8. The molecule has 0 aromatic carbocycles. The van der Waals surface area contributed by atoms with Crippen LogP contribution >= 0.6 is 0 Å². The molecule has 2 heterocycles. The number of ether oxygens (including phenoxy) is 2. The highest BCUT2D eigenvalue weighted by atomic mass is 19.3. The smallest absolute Gasteiger partial charge is 0.410 e. The number of carbonyl (C=O) groups excluding carboxylic acids is 2. The molecule has 0 aromatic rings. The number of alkyl halides is 2. The number of esters is 1. The van der Waals surface area contributed by atoms with Crippen molar-refractivity contribution in [3.8, 4) is 0 Å². The molecule has 2 aliphatic rings. The van der Waals surface area contributed by atoms with E-state index in [4.69, 9.17) is 9.47 Å². The number of rotatable bonds is 3. The summed E-state index contributed by atoms with van der Waals surface area (Å²) >= 11 is 0. The van der Waals surface area contributed by atoms with Gasteiger partial charge in [-0.1, -0.05) is 0 Å². The van der Waals surface area contributed by atoms with Crippen molar-refractivity contribution in [2.45, 2.75) is 84.6 Å². The molecule has 2 saturated heterocycles. The van der Waals surface area contributed by atoms with Crippen molar-refractivity contribution in [3.63, 3.8) is 0 Å². The van der Waals surface area contributed by atoms with Crippen molar-refractivity contribution in [3.05, 3.63) is 0 Å². The number of halogens is 2. The highest BCUT2D eigenvalue weighted by Crippen LogP contribution is 2.42. The molecule has 29 heavy (non-hydrogen) atoms. The van der Waals surface area contributed by atoms with E-state index in [9.17, 15) is 18.4 Å². The second-order valence-corrected chi connectivity index (χ2v) is 10.7. The predicted octanol–water partition coefficient (Wildman–Crippen LogP) is 3.14. The number of hydrogen-bond donors (Lipinski definition) is 0. The van der Waals surface area contributed by atoms with Gasteiger partial charge in [-0.05, 0) is 55.4 Å². The highest BCUT2D eigenvalue weighted by molar-refractivity contribution is 5.76. The number of hydrazine groups is 1. The van der Waals surface area contributed by atoms with Crippen LogP contribution in [0.5, 0.6) is 0 Å². The van der Waals surface area contributed by atoms with Gasteiger partial charge in [-0.15, -0.1) is 0 Å². The summed E-state index contributed by atoms with van der Waals surface area (Å²) in [5.74, 6) is -3.48. The van der Waals surface area contributed by atoms with Gasteiger partial charge in [-0.25, -0.2) is 23.6 Å². The van der Waals surface area contributed by atoms with Gasteiger partial charge in [0.15, 0.2) is 0 Å². The lowest BCUT2D eigenvalue weighted by Crippen LogP contribution is -2.51. The van der Waals surface area contributed by atoms with Crippen LogP contribution in [0, 0.1) is 5.41 Å². The number of nitrogens with zero attached hydrogens (tertiary/aromatic N) is 3. The first-order valence-corrected chi connectivity index (χ1v) is 9.93. The molecule has 2 aliphatic heterocycles. The van der Waals surface area contributed by atoms with Crippen molar-refractivity contribution in [2.75, 3.05) is 26.7 Å².